The summed E-state index contributed by atoms with van der Waals surface area (Å²) in [5.41, 5.74) is 2.47. The summed E-state index contributed by atoms with van der Waals surface area (Å²) in [6.07, 6.45) is 0. The standard InChI is InChI=1S/C9H11Cl/c1-7-3-5-9(6-4-7)8(2)10/h3-6,8H,1-2H3/t8-/m0/s1. The average molecular weight is 155 g/mol. The van der Waals surface area contributed by atoms with Gasteiger partial charge in [0, 0.05) is 0 Å². The summed E-state index contributed by atoms with van der Waals surface area (Å²) in [5.74, 6) is 0. The normalized spacial score (nSPS) is 13.1. The molecule has 0 unspecified atom stereocenters. The second-order valence-electron chi connectivity index (χ2n) is 2.53. The third-order valence-corrected chi connectivity index (χ3v) is 1.79. The van der Waals surface area contributed by atoms with Crippen LogP contribution in [-0.2, 0) is 0 Å². The molecule has 10 heavy (non-hydrogen) atoms. The first-order chi connectivity index (χ1) is 4.70. The first-order valence-electron chi connectivity index (χ1n) is 3.41. The van der Waals surface area contributed by atoms with Gasteiger partial charge in [0.25, 0.3) is 0 Å². The molecule has 1 rings (SSSR count). The average Bonchev–Trinajstić information content (AvgIpc) is 1.88. The molecule has 0 aliphatic rings. The van der Waals surface area contributed by atoms with Gasteiger partial charge in [0.15, 0.2) is 0 Å². The molecule has 1 atom stereocenters. The number of rotatable bonds is 1. The van der Waals surface area contributed by atoms with Crippen LogP contribution in [0.25, 0.3) is 0 Å². The molecule has 0 nitrogen and oxygen atoms in total. The molecule has 0 bridgehead atoms. The largest absolute Gasteiger partial charge is 0.118 e. The third kappa shape index (κ3) is 1.74. The van der Waals surface area contributed by atoms with Crippen molar-refractivity contribution in [1.29, 1.82) is 0 Å². The van der Waals surface area contributed by atoms with Crippen molar-refractivity contribution in [3.63, 3.8) is 0 Å². The van der Waals surface area contributed by atoms with E-state index in [0.29, 0.717) is 0 Å². The molecule has 54 valence electrons. The molecule has 0 N–H and O–H groups in total. The fourth-order valence-electron chi connectivity index (χ4n) is 0.832. The highest BCUT2D eigenvalue weighted by Crippen LogP contribution is 2.18. The van der Waals surface area contributed by atoms with Gasteiger partial charge in [0.2, 0.25) is 0 Å². The van der Waals surface area contributed by atoms with Crippen molar-refractivity contribution in [2.24, 2.45) is 0 Å². The first-order valence-corrected chi connectivity index (χ1v) is 3.84. The molecule has 0 saturated carbocycles. The Hall–Kier alpha value is -0.490. The highest BCUT2D eigenvalue weighted by molar-refractivity contribution is 6.20. The van der Waals surface area contributed by atoms with Gasteiger partial charge in [0.1, 0.15) is 0 Å². The molecular weight excluding hydrogens is 144 g/mol. The van der Waals surface area contributed by atoms with E-state index in [1.165, 1.54) is 11.1 Å². The van der Waals surface area contributed by atoms with E-state index in [1.807, 2.05) is 6.92 Å². The van der Waals surface area contributed by atoms with Crippen molar-refractivity contribution >= 4 is 11.6 Å². The van der Waals surface area contributed by atoms with Crippen LogP contribution in [0.1, 0.15) is 23.4 Å². The van der Waals surface area contributed by atoms with Gasteiger partial charge in [-0.3, -0.25) is 0 Å². The molecule has 0 spiro atoms. The van der Waals surface area contributed by atoms with Crippen LogP contribution in [0.5, 0.6) is 0 Å². The Morgan fingerprint density at radius 3 is 2.10 bits per heavy atom. The smallest absolute Gasteiger partial charge is 0.0557 e. The van der Waals surface area contributed by atoms with Crippen LogP contribution in [0.15, 0.2) is 24.3 Å². The van der Waals surface area contributed by atoms with Crippen LogP contribution in [0, 0.1) is 6.92 Å². The van der Waals surface area contributed by atoms with E-state index in [0.717, 1.165) is 0 Å². The maximum atomic E-state index is 5.86. The van der Waals surface area contributed by atoms with Crippen molar-refractivity contribution in [1.82, 2.24) is 0 Å². The first kappa shape index (κ1) is 7.62. The molecule has 0 radical (unpaired) electrons. The van der Waals surface area contributed by atoms with E-state index in [4.69, 9.17) is 11.6 Å². The molecule has 0 aliphatic heterocycles. The highest BCUT2D eigenvalue weighted by atomic mass is 35.5. The van der Waals surface area contributed by atoms with Crippen LogP contribution in [0.2, 0.25) is 0 Å². The van der Waals surface area contributed by atoms with Crippen molar-refractivity contribution in [3.8, 4) is 0 Å². The van der Waals surface area contributed by atoms with E-state index in [1.54, 1.807) is 0 Å². The van der Waals surface area contributed by atoms with Crippen molar-refractivity contribution < 1.29 is 0 Å². The van der Waals surface area contributed by atoms with Gasteiger partial charge in [-0.1, -0.05) is 29.8 Å². The Labute approximate surface area is 66.8 Å². The molecule has 1 aromatic rings. The number of benzene rings is 1. The van der Waals surface area contributed by atoms with E-state index in [2.05, 4.69) is 31.2 Å². The minimum atomic E-state index is 0.126. The van der Waals surface area contributed by atoms with Gasteiger partial charge in [-0.15, -0.1) is 11.6 Å². The summed E-state index contributed by atoms with van der Waals surface area (Å²) in [7, 11) is 0. The lowest BCUT2D eigenvalue weighted by Crippen LogP contribution is -1.82. The van der Waals surface area contributed by atoms with E-state index < -0.39 is 0 Å². The Morgan fingerprint density at radius 2 is 1.70 bits per heavy atom. The molecule has 1 heteroatoms. The van der Waals surface area contributed by atoms with Gasteiger partial charge >= 0.3 is 0 Å². The van der Waals surface area contributed by atoms with Gasteiger partial charge in [0.05, 0.1) is 5.38 Å². The van der Waals surface area contributed by atoms with Crippen LogP contribution >= 0.6 is 11.6 Å². The summed E-state index contributed by atoms with van der Waals surface area (Å²) >= 11 is 5.86. The number of halogens is 1. The number of hydrogen-bond donors (Lipinski definition) is 0. The third-order valence-electron chi connectivity index (χ3n) is 1.54. The van der Waals surface area contributed by atoms with Gasteiger partial charge in [-0.2, -0.15) is 0 Å². The Morgan fingerprint density at radius 1 is 1.20 bits per heavy atom. The Kier molecular flexibility index (Phi) is 2.34. The Bertz CT molecular complexity index is 198. The molecule has 0 aromatic heterocycles. The summed E-state index contributed by atoms with van der Waals surface area (Å²) < 4.78 is 0. The molecular formula is C9H11Cl. The molecule has 0 heterocycles. The molecule has 0 aliphatic carbocycles. The van der Waals surface area contributed by atoms with Crippen LogP contribution in [0.3, 0.4) is 0 Å². The van der Waals surface area contributed by atoms with Gasteiger partial charge in [-0.05, 0) is 19.4 Å². The second-order valence-corrected chi connectivity index (χ2v) is 3.18. The van der Waals surface area contributed by atoms with Crippen LogP contribution in [-0.4, -0.2) is 0 Å². The SMILES string of the molecule is Cc1ccc([C@H](C)Cl)cc1. The molecule has 0 amide bonds. The zero-order valence-corrected chi connectivity index (χ0v) is 7.02. The highest BCUT2D eigenvalue weighted by Gasteiger charge is 1.97. The van der Waals surface area contributed by atoms with E-state index in [-0.39, 0.29) is 5.38 Å². The summed E-state index contributed by atoms with van der Waals surface area (Å²) in [6.45, 7) is 4.05. The lowest BCUT2D eigenvalue weighted by Gasteiger charge is -2.01. The fraction of sp³-hybridized carbons (Fsp3) is 0.333. The van der Waals surface area contributed by atoms with Crippen molar-refractivity contribution in [3.05, 3.63) is 35.4 Å². The number of alkyl halides is 1. The minimum absolute atomic E-state index is 0.126. The number of aryl methyl sites for hydroxylation is 1. The quantitative estimate of drug-likeness (QED) is 0.545. The summed E-state index contributed by atoms with van der Waals surface area (Å²) in [6, 6.07) is 8.28. The summed E-state index contributed by atoms with van der Waals surface area (Å²) in [5, 5.41) is 0.126. The monoisotopic (exact) mass is 154 g/mol. The maximum absolute atomic E-state index is 5.86. The second kappa shape index (κ2) is 3.07. The lowest BCUT2D eigenvalue weighted by molar-refractivity contribution is 1.08. The predicted octanol–water partition coefficient (Wildman–Crippen LogP) is 3.29. The molecule has 0 saturated heterocycles. The van der Waals surface area contributed by atoms with Gasteiger partial charge < -0.3 is 0 Å². The molecule has 0 fully saturated rings. The van der Waals surface area contributed by atoms with Crippen LogP contribution < -0.4 is 0 Å². The van der Waals surface area contributed by atoms with Crippen molar-refractivity contribution in [2.45, 2.75) is 19.2 Å². The maximum Gasteiger partial charge on any atom is 0.0557 e. The van der Waals surface area contributed by atoms with Gasteiger partial charge in [-0.25, -0.2) is 0 Å². The zero-order chi connectivity index (χ0) is 7.56. The summed E-state index contributed by atoms with van der Waals surface area (Å²) in [4.78, 5) is 0. The Balaban J connectivity index is 2.89. The van der Waals surface area contributed by atoms with Crippen LogP contribution in [0.4, 0.5) is 0 Å². The van der Waals surface area contributed by atoms with E-state index >= 15 is 0 Å². The molecule has 1 aromatic carbocycles. The minimum Gasteiger partial charge on any atom is -0.118 e. The number of hydrogen-bond acceptors (Lipinski definition) is 0. The zero-order valence-electron chi connectivity index (χ0n) is 6.26. The topological polar surface area (TPSA) is 0 Å². The predicted molar refractivity (Wildman–Crippen MR) is 45.4 cm³/mol. The van der Waals surface area contributed by atoms with E-state index in [9.17, 15) is 0 Å². The fourth-order valence-corrected chi connectivity index (χ4v) is 0.977. The van der Waals surface area contributed by atoms with Crippen molar-refractivity contribution in [2.75, 3.05) is 0 Å². The lowest BCUT2D eigenvalue weighted by atomic mass is 10.1.